The van der Waals surface area contributed by atoms with E-state index in [1.807, 2.05) is 19.1 Å². The van der Waals surface area contributed by atoms with Crippen LogP contribution < -0.4 is 5.32 Å². The molecule has 2 aromatic rings. The number of halogens is 3. The SMILES string of the molecule is CC(Nc1ccc(Br)cc1Cl)c1cc(F)ccc1O. The van der Waals surface area contributed by atoms with Crippen LogP contribution in [0.5, 0.6) is 5.75 Å². The second-order valence-corrected chi connectivity index (χ2v) is 5.52. The van der Waals surface area contributed by atoms with E-state index >= 15 is 0 Å². The highest BCUT2D eigenvalue weighted by atomic mass is 79.9. The average molecular weight is 345 g/mol. The molecule has 0 aliphatic heterocycles. The molecule has 0 aromatic heterocycles. The molecule has 2 N–H and O–H groups in total. The molecular formula is C14H12BrClFNO. The third-order valence-corrected chi connectivity index (χ3v) is 3.57. The van der Waals surface area contributed by atoms with Gasteiger partial charge in [-0.2, -0.15) is 0 Å². The lowest BCUT2D eigenvalue weighted by atomic mass is 10.1. The summed E-state index contributed by atoms with van der Waals surface area (Å²) >= 11 is 9.43. The summed E-state index contributed by atoms with van der Waals surface area (Å²) in [6, 6.07) is 9.03. The van der Waals surface area contributed by atoms with Gasteiger partial charge in [-0.1, -0.05) is 27.5 Å². The Labute approximate surface area is 124 Å². The first-order chi connectivity index (χ1) is 8.97. The first-order valence-corrected chi connectivity index (χ1v) is 6.84. The minimum absolute atomic E-state index is 0.0506. The first kappa shape index (κ1) is 14.2. The largest absolute Gasteiger partial charge is 0.508 e. The van der Waals surface area contributed by atoms with Gasteiger partial charge in [-0.3, -0.25) is 0 Å². The van der Waals surface area contributed by atoms with Gasteiger partial charge in [0.05, 0.1) is 16.8 Å². The lowest BCUT2D eigenvalue weighted by Crippen LogP contribution is -2.07. The molecule has 0 saturated carbocycles. The van der Waals surface area contributed by atoms with Crippen LogP contribution in [0, 0.1) is 5.82 Å². The minimum atomic E-state index is -0.386. The van der Waals surface area contributed by atoms with Crippen molar-refractivity contribution in [1.82, 2.24) is 0 Å². The van der Waals surface area contributed by atoms with Crippen molar-refractivity contribution in [2.24, 2.45) is 0 Å². The molecule has 2 nitrogen and oxygen atoms in total. The summed E-state index contributed by atoms with van der Waals surface area (Å²) in [5.41, 5.74) is 1.21. The van der Waals surface area contributed by atoms with E-state index < -0.39 is 0 Å². The quantitative estimate of drug-likeness (QED) is 0.810. The zero-order chi connectivity index (χ0) is 14.0. The van der Waals surface area contributed by atoms with E-state index in [1.165, 1.54) is 18.2 Å². The highest BCUT2D eigenvalue weighted by Gasteiger charge is 2.12. The Kier molecular flexibility index (Phi) is 4.32. The number of rotatable bonds is 3. The number of hydrogen-bond acceptors (Lipinski definition) is 2. The van der Waals surface area contributed by atoms with E-state index in [1.54, 1.807) is 6.07 Å². The smallest absolute Gasteiger partial charge is 0.123 e. The normalized spacial score (nSPS) is 12.2. The van der Waals surface area contributed by atoms with E-state index in [-0.39, 0.29) is 17.6 Å². The van der Waals surface area contributed by atoms with Crippen molar-refractivity contribution in [3.8, 4) is 5.75 Å². The number of nitrogens with one attached hydrogen (secondary N) is 1. The summed E-state index contributed by atoms with van der Waals surface area (Å²) in [5.74, 6) is -0.335. The van der Waals surface area contributed by atoms with Crippen molar-refractivity contribution >= 4 is 33.2 Å². The van der Waals surface area contributed by atoms with Gasteiger partial charge in [0.1, 0.15) is 11.6 Å². The third-order valence-electron chi connectivity index (χ3n) is 2.76. The van der Waals surface area contributed by atoms with Gasteiger partial charge >= 0.3 is 0 Å². The number of phenols is 1. The van der Waals surface area contributed by atoms with Crippen LogP contribution in [0.4, 0.5) is 10.1 Å². The van der Waals surface area contributed by atoms with E-state index in [9.17, 15) is 9.50 Å². The molecule has 0 bridgehead atoms. The Balaban J connectivity index is 2.25. The van der Waals surface area contributed by atoms with Crippen molar-refractivity contribution in [3.05, 3.63) is 57.3 Å². The number of hydrogen-bond donors (Lipinski definition) is 2. The molecule has 0 spiro atoms. The molecule has 0 heterocycles. The van der Waals surface area contributed by atoms with Crippen LogP contribution in [0.15, 0.2) is 40.9 Å². The maximum atomic E-state index is 13.2. The van der Waals surface area contributed by atoms with Crippen molar-refractivity contribution in [2.45, 2.75) is 13.0 Å². The fraction of sp³-hybridized carbons (Fsp3) is 0.143. The van der Waals surface area contributed by atoms with Crippen molar-refractivity contribution in [3.63, 3.8) is 0 Å². The van der Waals surface area contributed by atoms with Gasteiger partial charge in [0.15, 0.2) is 0 Å². The lowest BCUT2D eigenvalue weighted by Gasteiger charge is -2.18. The topological polar surface area (TPSA) is 32.3 Å². The van der Waals surface area contributed by atoms with Crippen molar-refractivity contribution < 1.29 is 9.50 Å². The van der Waals surface area contributed by atoms with Gasteiger partial charge in [0.2, 0.25) is 0 Å². The summed E-state index contributed by atoms with van der Waals surface area (Å²) in [6.07, 6.45) is 0. The van der Waals surface area contributed by atoms with Crippen LogP contribution in [-0.4, -0.2) is 5.11 Å². The number of anilines is 1. The lowest BCUT2D eigenvalue weighted by molar-refractivity contribution is 0.462. The molecule has 1 unspecified atom stereocenters. The molecule has 100 valence electrons. The Morgan fingerprint density at radius 2 is 2.00 bits per heavy atom. The zero-order valence-corrected chi connectivity index (χ0v) is 12.5. The molecule has 2 rings (SSSR count). The fourth-order valence-corrected chi connectivity index (χ4v) is 2.52. The molecule has 0 saturated heterocycles. The summed E-state index contributed by atoms with van der Waals surface area (Å²) < 4.78 is 14.1. The van der Waals surface area contributed by atoms with Crippen LogP contribution in [0.3, 0.4) is 0 Å². The molecule has 1 atom stereocenters. The van der Waals surface area contributed by atoms with Crippen LogP contribution in [-0.2, 0) is 0 Å². The predicted molar refractivity (Wildman–Crippen MR) is 79.3 cm³/mol. The first-order valence-electron chi connectivity index (χ1n) is 5.67. The molecule has 0 radical (unpaired) electrons. The maximum Gasteiger partial charge on any atom is 0.123 e. The summed E-state index contributed by atoms with van der Waals surface area (Å²) in [7, 11) is 0. The fourth-order valence-electron chi connectivity index (χ4n) is 1.79. The predicted octanol–water partition coefficient (Wildman–Crippen LogP) is 5.12. The minimum Gasteiger partial charge on any atom is -0.508 e. The molecule has 0 aliphatic carbocycles. The molecular weight excluding hydrogens is 333 g/mol. The Bertz CT molecular complexity index is 606. The molecule has 5 heteroatoms. The highest BCUT2D eigenvalue weighted by Crippen LogP contribution is 2.31. The number of aromatic hydroxyl groups is 1. The molecule has 0 amide bonds. The molecule has 0 aliphatic rings. The number of benzene rings is 2. The van der Waals surface area contributed by atoms with Gasteiger partial charge in [0.25, 0.3) is 0 Å². The second-order valence-electron chi connectivity index (χ2n) is 4.19. The Morgan fingerprint density at radius 3 is 2.68 bits per heavy atom. The van der Waals surface area contributed by atoms with E-state index in [2.05, 4.69) is 21.2 Å². The van der Waals surface area contributed by atoms with E-state index in [0.717, 1.165) is 10.2 Å². The molecule has 2 aromatic carbocycles. The van der Waals surface area contributed by atoms with Crippen LogP contribution >= 0.6 is 27.5 Å². The third kappa shape index (κ3) is 3.39. The van der Waals surface area contributed by atoms with Crippen LogP contribution in [0.25, 0.3) is 0 Å². The van der Waals surface area contributed by atoms with Crippen molar-refractivity contribution in [2.75, 3.05) is 5.32 Å². The summed E-state index contributed by atoms with van der Waals surface area (Å²) in [4.78, 5) is 0. The standard InChI is InChI=1S/C14H12BrClFNO/c1-8(11-7-10(17)3-5-14(11)19)18-13-4-2-9(15)6-12(13)16/h2-8,18-19H,1H3. The zero-order valence-electron chi connectivity index (χ0n) is 10.1. The van der Waals surface area contributed by atoms with Gasteiger partial charge in [-0.05, 0) is 43.3 Å². The Morgan fingerprint density at radius 1 is 1.26 bits per heavy atom. The van der Waals surface area contributed by atoms with Gasteiger partial charge in [-0.25, -0.2) is 4.39 Å². The Hall–Kier alpha value is -1.26. The monoisotopic (exact) mass is 343 g/mol. The van der Waals surface area contributed by atoms with Crippen LogP contribution in [0.1, 0.15) is 18.5 Å². The number of phenolic OH excluding ortho intramolecular Hbond substituents is 1. The van der Waals surface area contributed by atoms with Crippen molar-refractivity contribution in [1.29, 1.82) is 0 Å². The molecule has 19 heavy (non-hydrogen) atoms. The summed E-state index contributed by atoms with van der Waals surface area (Å²) in [6.45, 7) is 1.83. The van der Waals surface area contributed by atoms with Gasteiger partial charge < -0.3 is 10.4 Å². The molecule has 0 fully saturated rings. The van der Waals surface area contributed by atoms with Gasteiger partial charge in [0, 0.05) is 10.0 Å². The maximum absolute atomic E-state index is 13.2. The average Bonchev–Trinajstić information content (AvgIpc) is 2.35. The summed E-state index contributed by atoms with van der Waals surface area (Å²) in [5, 5.41) is 13.4. The van der Waals surface area contributed by atoms with Crippen LogP contribution in [0.2, 0.25) is 5.02 Å². The van der Waals surface area contributed by atoms with Gasteiger partial charge in [-0.15, -0.1) is 0 Å². The van der Waals surface area contributed by atoms with E-state index in [4.69, 9.17) is 11.6 Å². The highest BCUT2D eigenvalue weighted by molar-refractivity contribution is 9.10. The van der Waals surface area contributed by atoms with E-state index in [0.29, 0.717) is 10.6 Å². The second kappa shape index (κ2) is 5.80.